The molecule has 0 spiro atoms. The Morgan fingerprint density at radius 3 is 1.87 bits per heavy atom. The third-order valence-electron chi connectivity index (χ3n) is 7.25. The van der Waals surface area contributed by atoms with Crippen molar-refractivity contribution in [1.82, 2.24) is 4.90 Å². The number of hydrogen-bond donors (Lipinski definition) is 0. The minimum absolute atomic E-state index is 0.257. The molecule has 2 aromatic rings. The van der Waals surface area contributed by atoms with E-state index in [4.69, 9.17) is 18.9 Å². The highest BCUT2D eigenvalue weighted by atomic mass is 16.5. The molecule has 0 amide bonds. The Balaban J connectivity index is 1.72. The number of ether oxygens (including phenoxy) is 4. The molecular formula is C25H31NO4. The summed E-state index contributed by atoms with van der Waals surface area (Å²) in [7, 11) is 6.85. The van der Waals surface area contributed by atoms with Gasteiger partial charge in [0.15, 0.2) is 23.0 Å². The topological polar surface area (TPSA) is 40.2 Å². The Labute approximate surface area is 178 Å². The van der Waals surface area contributed by atoms with Crippen molar-refractivity contribution >= 4 is 0 Å². The summed E-state index contributed by atoms with van der Waals surface area (Å²) in [5.74, 6) is 4.30. The van der Waals surface area contributed by atoms with Crippen LogP contribution in [0.1, 0.15) is 54.0 Å². The fourth-order valence-electron chi connectivity index (χ4n) is 5.54. The fourth-order valence-corrected chi connectivity index (χ4v) is 5.54. The summed E-state index contributed by atoms with van der Waals surface area (Å²) in [6.07, 6.45) is 3.67. The number of methoxy groups -OCH3 is 4. The molecule has 5 heteroatoms. The third kappa shape index (κ3) is 2.94. The van der Waals surface area contributed by atoms with Gasteiger partial charge in [0, 0.05) is 24.5 Å². The van der Waals surface area contributed by atoms with E-state index >= 15 is 0 Å². The zero-order valence-electron chi connectivity index (χ0n) is 18.5. The summed E-state index contributed by atoms with van der Waals surface area (Å²) in [4.78, 5) is 2.73. The van der Waals surface area contributed by atoms with Crippen LogP contribution in [0.4, 0.5) is 0 Å². The molecule has 3 atom stereocenters. The molecule has 2 heterocycles. The van der Waals surface area contributed by atoms with Gasteiger partial charge in [-0.15, -0.1) is 0 Å². The summed E-state index contributed by atoms with van der Waals surface area (Å²) in [6, 6.07) is 9.51. The van der Waals surface area contributed by atoms with Gasteiger partial charge >= 0.3 is 0 Å². The van der Waals surface area contributed by atoms with Crippen LogP contribution in [0.5, 0.6) is 23.0 Å². The van der Waals surface area contributed by atoms with Crippen LogP contribution in [0.2, 0.25) is 0 Å². The first-order valence-electron chi connectivity index (χ1n) is 10.9. The first-order valence-corrected chi connectivity index (χ1v) is 10.9. The molecule has 1 fully saturated rings. The molecule has 5 nitrogen and oxygen atoms in total. The van der Waals surface area contributed by atoms with E-state index in [2.05, 4.69) is 36.1 Å². The average molecular weight is 410 g/mol. The van der Waals surface area contributed by atoms with Crippen molar-refractivity contribution in [2.75, 3.05) is 35.0 Å². The molecule has 0 saturated heterocycles. The molecule has 0 N–H and O–H groups in total. The van der Waals surface area contributed by atoms with E-state index in [9.17, 15) is 0 Å². The first-order chi connectivity index (χ1) is 14.6. The Morgan fingerprint density at radius 1 is 0.767 bits per heavy atom. The number of benzene rings is 2. The monoisotopic (exact) mass is 409 g/mol. The largest absolute Gasteiger partial charge is 0.493 e. The smallest absolute Gasteiger partial charge is 0.161 e. The van der Waals surface area contributed by atoms with Crippen LogP contribution in [-0.2, 0) is 6.42 Å². The van der Waals surface area contributed by atoms with E-state index in [1.54, 1.807) is 28.4 Å². The highest BCUT2D eigenvalue weighted by Crippen LogP contribution is 2.54. The van der Waals surface area contributed by atoms with Crippen molar-refractivity contribution in [2.45, 2.75) is 44.2 Å². The molecule has 2 bridgehead atoms. The van der Waals surface area contributed by atoms with Crippen LogP contribution in [-0.4, -0.2) is 45.9 Å². The van der Waals surface area contributed by atoms with Crippen molar-refractivity contribution < 1.29 is 18.9 Å². The van der Waals surface area contributed by atoms with Gasteiger partial charge in [-0.1, -0.05) is 0 Å². The standard InChI is InChI=1S/C25H31NO4/c1-14-25-17-10-22(28-3)21(27-2)9-16(17)8-20(26(14)13-15-6-7-15)18-11-23(29-4)24(30-5)12-19(18)25/h9-12,14-15,20,25H,6-8,13H2,1-5H3/t14-,20+,25+/m1/s1. The minimum Gasteiger partial charge on any atom is -0.493 e. The zero-order chi connectivity index (χ0) is 21.0. The van der Waals surface area contributed by atoms with Gasteiger partial charge in [-0.25, -0.2) is 0 Å². The van der Waals surface area contributed by atoms with Gasteiger partial charge in [-0.3, -0.25) is 4.90 Å². The molecule has 1 saturated carbocycles. The van der Waals surface area contributed by atoms with Crippen molar-refractivity contribution in [1.29, 1.82) is 0 Å². The molecule has 4 aliphatic rings. The van der Waals surface area contributed by atoms with Crippen molar-refractivity contribution in [3.05, 3.63) is 46.5 Å². The van der Waals surface area contributed by atoms with E-state index < -0.39 is 0 Å². The lowest BCUT2D eigenvalue weighted by Gasteiger charge is -2.44. The van der Waals surface area contributed by atoms with Gasteiger partial charge in [0.1, 0.15) is 0 Å². The predicted octanol–water partition coefficient (Wildman–Crippen LogP) is 4.56. The Kier molecular flexibility index (Phi) is 4.81. The Hall–Kier alpha value is -2.40. The summed E-state index contributed by atoms with van der Waals surface area (Å²) in [5, 5.41) is 0. The molecule has 30 heavy (non-hydrogen) atoms. The molecular weight excluding hydrogens is 378 g/mol. The molecule has 0 radical (unpaired) electrons. The molecule has 2 aliphatic heterocycles. The quantitative estimate of drug-likeness (QED) is 0.699. The van der Waals surface area contributed by atoms with Crippen molar-refractivity contribution in [3.8, 4) is 23.0 Å². The summed E-state index contributed by atoms with van der Waals surface area (Å²) >= 11 is 0. The highest BCUT2D eigenvalue weighted by Gasteiger charge is 2.45. The van der Waals surface area contributed by atoms with Gasteiger partial charge < -0.3 is 18.9 Å². The summed E-state index contributed by atoms with van der Waals surface area (Å²) < 4.78 is 22.7. The second-order valence-corrected chi connectivity index (χ2v) is 8.82. The fraction of sp³-hybridized carbons (Fsp3) is 0.520. The lowest BCUT2D eigenvalue weighted by atomic mass is 9.78. The minimum atomic E-state index is 0.257. The van der Waals surface area contributed by atoms with Gasteiger partial charge in [-0.05, 0) is 78.6 Å². The first kappa shape index (κ1) is 19.6. The average Bonchev–Trinajstić information content (AvgIpc) is 3.61. The lowest BCUT2D eigenvalue weighted by Crippen LogP contribution is -2.45. The van der Waals surface area contributed by atoms with Crippen LogP contribution in [0, 0.1) is 5.92 Å². The van der Waals surface area contributed by atoms with E-state index in [0.717, 1.165) is 35.3 Å². The van der Waals surface area contributed by atoms with Crippen LogP contribution < -0.4 is 18.9 Å². The lowest BCUT2D eigenvalue weighted by molar-refractivity contribution is 0.115. The van der Waals surface area contributed by atoms with E-state index in [1.165, 1.54) is 41.6 Å². The van der Waals surface area contributed by atoms with Gasteiger partial charge in [-0.2, -0.15) is 0 Å². The molecule has 6 rings (SSSR count). The van der Waals surface area contributed by atoms with Crippen LogP contribution in [0.15, 0.2) is 24.3 Å². The molecule has 2 aromatic carbocycles. The van der Waals surface area contributed by atoms with Crippen LogP contribution in [0.25, 0.3) is 0 Å². The second kappa shape index (κ2) is 7.38. The van der Waals surface area contributed by atoms with Crippen LogP contribution in [0.3, 0.4) is 0 Å². The molecule has 0 aromatic heterocycles. The van der Waals surface area contributed by atoms with Crippen LogP contribution >= 0.6 is 0 Å². The summed E-state index contributed by atoms with van der Waals surface area (Å²) in [6.45, 7) is 3.55. The Morgan fingerprint density at radius 2 is 1.30 bits per heavy atom. The molecule has 160 valence electrons. The van der Waals surface area contributed by atoms with E-state index in [0.29, 0.717) is 12.1 Å². The Bertz CT molecular complexity index is 968. The van der Waals surface area contributed by atoms with Crippen molar-refractivity contribution in [3.63, 3.8) is 0 Å². The second-order valence-electron chi connectivity index (χ2n) is 8.82. The number of rotatable bonds is 6. The zero-order valence-corrected chi connectivity index (χ0v) is 18.5. The van der Waals surface area contributed by atoms with E-state index in [-0.39, 0.29) is 5.92 Å². The van der Waals surface area contributed by atoms with Gasteiger partial charge in [0.25, 0.3) is 0 Å². The molecule has 2 aliphatic carbocycles. The third-order valence-corrected chi connectivity index (χ3v) is 7.25. The highest BCUT2D eigenvalue weighted by molar-refractivity contribution is 5.59. The maximum absolute atomic E-state index is 5.67. The number of fused-ring (bicyclic) bond motifs is 1. The normalized spacial score (nSPS) is 24.6. The predicted molar refractivity (Wildman–Crippen MR) is 116 cm³/mol. The number of hydrogen-bond acceptors (Lipinski definition) is 5. The maximum atomic E-state index is 5.67. The SMILES string of the molecule is COc1cc2c(cc1OC)[C@H]1c3cc(OC)c(OC)cc3[C@H](C2)N(CC2CC2)[C@@H]1C. The summed E-state index contributed by atoms with van der Waals surface area (Å²) in [5.41, 5.74) is 5.41. The molecule has 0 unspecified atom stereocenters. The van der Waals surface area contributed by atoms with E-state index in [1.807, 2.05) is 0 Å². The maximum Gasteiger partial charge on any atom is 0.161 e. The van der Waals surface area contributed by atoms with Gasteiger partial charge in [0.2, 0.25) is 0 Å². The number of nitrogens with zero attached hydrogens (tertiary/aromatic N) is 1. The van der Waals surface area contributed by atoms with Crippen molar-refractivity contribution in [2.24, 2.45) is 5.92 Å². The van der Waals surface area contributed by atoms with Gasteiger partial charge in [0.05, 0.1) is 28.4 Å².